The molecule has 110 valence electrons. The molecule has 0 aliphatic carbocycles. The molecule has 0 bridgehead atoms. The average molecular weight is 294 g/mol. The fraction of sp³-hybridized carbons (Fsp3) is 0.125. The number of carboxylic acids is 1. The first-order valence-corrected chi connectivity index (χ1v) is 6.72. The van der Waals surface area contributed by atoms with Gasteiger partial charge in [-0.15, -0.1) is 0 Å². The van der Waals surface area contributed by atoms with Crippen molar-refractivity contribution in [3.8, 4) is 22.6 Å². The number of benzene rings is 1. The second-order valence-corrected chi connectivity index (χ2v) is 4.94. The van der Waals surface area contributed by atoms with Crippen molar-refractivity contribution in [2.75, 3.05) is 0 Å². The zero-order valence-electron chi connectivity index (χ0n) is 12.2. The molecule has 0 saturated carbocycles. The van der Waals surface area contributed by atoms with Crippen LogP contribution in [0.3, 0.4) is 0 Å². The molecular weight excluding hydrogens is 280 g/mol. The van der Waals surface area contributed by atoms with E-state index >= 15 is 0 Å². The lowest BCUT2D eigenvalue weighted by molar-refractivity contribution is 0.0690. The number of hydrogen-bond acceptors (Lipinski definition) is 4. The smallest absolute Gasteiger partial charge is 0.354 e. The van der Waals surface area contributed by atoms with Gasteiger partial charge in [-0.2, -0.15) is 5.10 Å². The number of nitrogens with zero attached hydrogens (tertiary/aromatic N) is 4. The van der Waals surface area contributed by atoms with Crippen molar-refractivity contribution in [3.63, 3.8) is 0 Å². The Balaban J connectivity index is 2.10. The molecule has 3 rings (SSSR count). The fourth-order valence-electron chi connectivity index (χ4n) is 2.28. The van der Waals surface area contributed by atoms with E-state index in [1.165, 1.54) is 6.07 Å². The summed E-state index contributed by atoms with van der Waals surface area (Å²) in [4.78, 5) is 19.6. The van der Waals surface area contributed by atoms with Crippen LogP contribution in [0.2, 0.25) is 0 Å². The van der Waals surface area contributed by atoms with E-state index in [0.29, 0.717) is 11.5 Å². The van der Waals surface area contributed by atoms with Gasteiger partial charge in [0, 0.05) is 30.1 Å². The highest BCUT2D eigenvalue weighted by atomic mass is 16.4. The number of carbonyl (C=O) groups is 1. The van der Waals surface area contributed by atoms with Gasteiger partial charge in [-0.1, -0.05) is 18.2 Å². The van der Waals surface area contributed by atoms with Gasteiger partial charge in [0.25, 0.3) is 0 Å². The van der Waals surface area contributed by atoms with E-state index in [-0.39, 0.29) is 5.69 Å². The fourth-order valence-corrected chi connectivity index (χ4v) is 2.28. The Bertz CT molecular complexity index is 855. The molecule has 0 aliphatic heterocycles. The number of aryl methyl sites for hydroxylation is 2. The van der Waals surface area contributed by atoms with Crippen molar-refractivity contribution >= 4 is 5.97 Å². The molecule has 6 nitrogen and oxygen atoms in total. The summed E-state index contributed by atoms with van der Waals surface area (Å²) < 4.78 is 1.78. The van der Waals surface area contributed by atoms with Gasteiger partial charge in [-0.05, 0) is 25.1 Å². The Labute approximate surface area is 127 Å². The zero-order chi connectivity index (χ0) is 15.7. The molecule has 3 aromatic rings. The van der Waals surface area contributed by atoms with Crippen LogP contribution in [0, 0.1) is 6.92 Å². The molecule has 0 saturated heterocycles. The maximum atomic E-state index is 11.1. The van der Waals surface area contributed by atoms with Gasteiger partial charge < -0.3 is 5.11 Å². The molecule has 0 spiro atoms. The van der Waals surface area contributed by atoms with E-state index in [9.17, 15) is 4.79 Å². The summed E-state index contributed by atoms with van der Waals surface area (Å²) in [5, 5.41) is 13.3. The number of aromatic nitrogens is 4. The Morgan fingerprint density at radius 1 is 1.14 bits per heavy atom. The molecule has 0 amide bonds. The summed E-state index contributed by atoms with van der Waals surface area (Å²) >= 11 is 0. The largest absolute Gasteiger partial charge is 0.477 e. The van der Waals surface area contributed by atoms with Crippen LogP contribution in [-0.4, -0.2) is 30.8 Å². The maximum absolute atomic E-state index is 11.1. The van der Waals surface area contributed by atoms with E-state index in [1.54, 1.807) is 17.8 Å². The van der Waals surface area contributed by atoms with Crippen molar-refractivity contribution in [2.24, 2.45) is 7.05 Å². The lowest BCUT2D eigenvalue weighted by Crippen LogP contribution is -2.04. The Kier molecular flexibility index (Phi) is 3.42. The minimum atomic E-state index is -1.06. The normalized spacial score (nSPS) is 10.6. The number of hydrogen-bond donors (Lipinski definition) is 1. The van der Waals surface area contributed by atoms with Crippen LogP contribution in [-0.2, 0) is 7.05 Å². The van der Waals surface area contributed by atoms with Crippen LogP contribution >= 0.6 is 0 Å². The Morgan fingerprint density at radius 3 is 2.59 bits per heavy atom. The predicted molar refractivity (Wildman–Crippen MR) is 81.4 cm³/mol. The number of carboxylic acid groups (broad SMARTS) is 1. The lowest BCUT2D eigenvalue weighted by Gasteiger charge is -2.07. The molecule has 0 aliphatic rings. The highest BCUT2D eigenvalue weighted by Crippen LogP contribution is 2.24. The summed E-state index contributed by atoms with van der Waals surface area (Å²) in [6.07, 6.45) is 1.73. The summed E-state index contributed by atoms with van der Waals surface area (Å²) in [6.45, 7) is 1.75. The highest BCUT2D eigenvalue weighted by molar-refractivity contribution is 5.86. The average Bonchev–Trinajstić information content (AvgIpc) is 2.93. The molecular formula is C16H14N4O2. The van der Waals surface area contributed by atoms with Crippen LogP contribution in [0.15, 0.2) is 42.6 Å². The van der Waals surface area contributed by atoms with Crippen molar-refractivity contribution in [3.05, 3.63) is 54.0 Å². The molecule has 0 radical (unpaired) electrons. The molecule has 1 aromatic carbocycles. The van der Waals surface area contributed by atoms with E-state index in [4.69, 9.17) is 5.11 Å². The predicted octanol–water partition coefficient (Wildman–Crippen LogP) is 2.55. The minimum absolute atomic E-state index is 0.00608. The second-order valence-electron chi connectivity index (χ2n) is 4.94. The van der Waals surface area contributed by atoms with Gasteiger partial charge in [0.1, 0.15) is 0 Å². The van der Waals surface area contributed by atoms with Gasteiger partial charge in [0.2, 0.25) is 0 Å². The van der Waals surface area contributed by atoms with Crippen molar-refractivity contribution in [1.82, 2.24) is 19.7 Å². The summed E-state index contributed by atoms with van der Waals surface area (Å²) in [7, 11) is 1.87. The second kappa shape index (κ2) is 5.40. The van der Waals surface area contributed by atoms with Crippen molar-refractivity contribution < 1.29 is 9.90 Å². The number of aromatic carboxylic acids is 1. The lowest BCUT2D eigenvalue weighted by atomic mass is 10.1. The van der Waals surface area contributed by atoms with E-state index in [2.05, 4.69) is 15.1 Å². The van der Waals surface area contributed by atoms with Crippen LogP contribution in [0.1, 0.15) is 16.2 Å². The van der Waals surface area contributed by atoms with Gasteiger partial charge in [0.05, 0.1) is 5.69 Å². The third kappa shape index (κ3) is 2.58. The maximum Gasteiger partial charge on any atom is 0.354 e. The van der Waals surface area contributed by atoms with Crippen molar-refractivity contribution in [2.45, 2.75) is 6.92 Å². The third-order valence-electron chi connectivity index (χ3n) is 3.31. The molecule has 2 aromatic heterocycles. The first kappa shape index (κ1) is 13.9. The SMILES string of the molecule is Cc1cc(C(=O)O)nc(-c2cccc(-c3ccnn3C)c2)n1. The Morgan fingerprint density at radius 2 is 1.91 bits per heavy atom. The quantitative estimate of drug-likeness (QED) is 0.803. The van der Waals surface area contributed by atoms with Crippen molar-refractivity contribution in [1.29, 1.82) is 0 Å². The van der Waals surface area contributed by atoms with Gasteiger partial charge in [0.15, 0.2) is 11.5 Å². The summed E-state index contributed by atoms with van der Waals surface area (Å²) in [6, 6.07) is 11.0. The molecule has 22 heavy (non-hydrogen) atoms. The Hall–Kier alpha value is -3.02. The first-order chi connectivity index (χ1) is 10.5. The minimum Gasteiger partial charge on any atom is -0.477 e. The molecule has 0 fully saturated rings. The van der Waals surface area contributed by atoms with E-state index in [0.717, 1.165) is 16.8 Å². The molecule has 1 N–H and O–H groups in total. The molecule has 2 heterocycles. The standard InChI is InChI=1S/C16H14N4O2/c1-10-8-13(16(21)22)19-15(18-10)12-5-3-4-11(9-12)14-6-7-17-20(14)2/h3-9H,1-2H3,(H,21,22). The highest BCUT2D eigenvalue weighted by Gasteiger charge is 2.11. The molecule has 6 heteroatoms. The number of rotatable bonds is 3. The summed E-state index contributed by atoms with van der Waals surface area (Å²) in [5.41, 5.74) is 3.32. The van der Waals surface area contributed by atoms with Gasteiger partial charge in [-0.3, -0.25) is 4.68 Å². The van der Waals surface area contributed by atoms with E-state index in [1.807, 2.05) is 37.4 Å². The molecule has 0 atom stereocenters. The van der Waals surface area contributed by atoms with Gasteiger partial charge >= 0.3 is 5.97 Å². The first-order valence-electron chi connectivity index (χ1n) is 6.72. The topological polar surface area (TPSA) is 80.9 Å². The third-order valence-corrected chi connectivity index (χ3v) is 3.31. The van der Waals surface area contributed by atoms with Crippen LogP contribution in [0.25, 0.3) is 22.6 Å². The van der Waals surface area contributed by atoms with Crippen LogP contribution in [0.4, 0.5) is 0 Å². The van der Waals surface area contributed by atoms with Crippen LogP contribution in [0.5, 0.6) is 0 Å². The monoisotopic (exact) mass is 294 g/mol. The van der Waals surface area contributed by atoms with E-state index < -0.39 is 5.97 Å². The van der Waals surface area contributed by atoms with Crippen LogP contribution < -0.4 is 0 Å². The zero-order valence-corrected chi connectivity index (χ0v) is 12.2. The summed E-state index contributed by atoms with van der Waals surface area (Å²) in [5.74, 6) is -0.657. The van der Waals surface area contributed by atoms with Gasteiger partial charge in [-0.25, -0.2) is 14.8 Å². The molecule has 0 unspecified atom stereocenters.